The van der Waals surface area contributed by atoms with Gasteiger partial charge >= 0.3 is 0 Å². The lowest BCUT2D eigenvalue weighted by Crippen LogP contribution is -2.30. The second kappa shape index (κ2) is 5.38. The van der Waals surface area contributed by atoms with E-state index in [0.29, 0.717) is 13.2 Å². The molecule has 0 radical (unpaired) electrons. The maximum Gasteiger partial charge on any atom is 0.215 e. The predicted octanol–water partition coefficient (Wildman–Crippen LogP) is 1.04. The third-order valence-corrected chi connectivity index (χ3v) is 2.43. The Bertz CT molecular complexity index is 209. The molecule has 0 aromatic heterocycles. The molecule has 1 fully saturated rings. The molecule has 0 unspecified atom stereocenters. The molecule has 4 nitrogen and oxygen atoms in total. The molecule has 0 N–H and O–H groups in total. The normalized spacial score (nSPS) is 20.5. The van der Waals surface area contributed by atoms with E-state index in [4.69, 9.17) is 21.6 Å². The summed E-state index contributed by atoms with van der Waals surface area (Å²) in [5.74, 6) is 0. The molecule has 0 spiro atoms. The fourth-order valence-corrected chi connectivity index (χ4v) is 1.38. The van der Waals surface area contributed by atoms with Crippen LogP contribution in [0.1, 0.15) is 0 Å². The molecule has 1 aliphatic heterocycles. The number of hydrogen-bond donors (Lipinski definition) is 0. The Morgan fingerprint density at radius 2 is 2.25 bits per heavy atom. The van der Waals surface area contributed by atoms with Gasteiger partial charge in [-0.25, -0.2) is 4.31 Å². The van der Waals surface area contributed by atoms with Crippen molar-refractivity contribution >= 4 is 28.9 Å². The Morgan fingerprint density at radius 3 is 2.83 bits per heavy atom. The summed E-state index contributed by atoms with van der Waals surface area (Å²) in [6.07, 6.45) is 0. The summed E-state index contributed by atoms with van der Waals surface area (Å²) in [7, 11) is 0. The summed E-state index contributed by atoms with van der Waals surface area (Å²) < 4.78 is 10.9. The van der Waals surface area contributed by atoms with Crippen LogP contribution < -0.4 is 0 Å². The summed E-state index contributed by atoms with van der Waals surface area (Å²) in [4.78, 5) is 0. The van der Waals surface area contributed by atoms with Gasteiger partial charge < -0.3 is 4.74 Å². The van der Waals surface area contributed by atoms with Gasteiger partial charge in [0.1, 0.15) is 6.07 Å². The van der Waals surface area contributed by atoms with Gasteiger partial charge in [-0.05, 0) is 11.6 Å². The molecule has 1 aliphatic rings. The first-order chi connectivity index (χ1) is 5.83. The zero-order valence-corrected chi connectivity index (χ0v) is 7.94. The van der Waals surface area contributed by atoms with Crippen molar-refractivity contribution < 1.29 is 4.74 Å². The van der Waals surface area contributed by atoms with Crippen molar-refractivity contribution in [2.24, 2.45) is 4.40 Å². The Kier molecular flexibility index (Phi) is 4.40. The monoisotopic (exact) mass is 205 g/mol. The lowest BCUT2D eigenvalue weighted by atomic mass is 10.5. The Morgan fingerprint density at radius 1 is 1.58 bits per heavy atom. The van der Waals surface area contributed by atoms with Crippen molar-refractivity contribution in [2.75, 3.05) is 26.3 Å². The molecule has 0 saturated carbocycles. The van der Waals surface area contributed by atoms with E-state index in [1.54, 1.807) is 6.07 Å². The lowest BCUT2D eigenvalue weighted by Gasteiger charge is -2.22. The number of rotatable bonds is 2. The van der Waals surface area contributed by atoms with Crippen molar-refractivity contribution in [1.82, 2.24) is 4.31 Å². The minimum absolute atomic E-state index is 0.0218. The molecule has 1 heterocycles. The van der Waals surface area contributed by atoms with Crippen LogP contribution in [0.25, 0.3) is 0 Å². The van der Waals surface area contributed by atoms with Crippen LogP contribution in [0.5, 0.6) is 0 Å². The Balaban J connectivity index is 2.26. The van der Waals surface area contributed by atoms with Crippen LogP contribution in [0.3, 0.4) is 0 Å². The molecule has 0 aromatic carbocycles. The van der Waals surface area contributed by atoms with Gasteiger partial charge in [0.2, 0.25) is 5.17 Å². The maximum atomic E-state index is 8.29. The number of nitrogens with zero attached hydrogens (tertiary/aromatic N) is 3. The molecule has 1 rings (SSSR count). The van der Waals surface area contributed by atoms with Gasteiger partial charge in [-0.3, -0.25) is 0 Å². The van der Waals surface area contributed by atoms with Crippen molar-refractivity contribution in [2.45, 2.75) is 0 Å². The van der Waals surface area contributed by atoms with E-state index in [9.17, 15) is 0 Å². The Labute approximate surface area is 80.4 Å². The molecule has 1 saturated heterocycles. The minimum atomic E-state index is -0.0218. The quantitative estimate of drug-likeness (QED) is 0.499. The Hall–Kier alpha value is -0.280. The van der Waals surface area contributed by atoms with E-state index in [-0.39, 0.29) is 5.17 Å². The molecule has 0 aliphatic carbocycles. The van der Waals surface area contributed by atoms with Crippen LogP contribution in [0, 0.1) is 11.3 Å². The molecule has 0 atom stereocenters. The van der Waals surface area contributed by atoms with Gasteiger partial charge in [-0.2, -0.15) is 9.66 Å². The zero-order chi connectivity index (χ0) is 8.81. The summed E-state index contributed by atoms with van der Waals surface area (Å²) in [6.45, 7) is 3.08. The largest absolute Gasteiger partial charge is 0.379 e. The highest BCUT2D eigenvalue weighted by atomic mass is 35.5. The van der Waals surface area contributed by atoms with Gasteiger partial charge in [0.05, 0.1) is 25.3 Å². The summed E-state index contributed by atoms with van der Waals surface area (Å²) in [5.41, 5.74) is 0. The first kappa shape index (κ1) is 9.81. The van der Waals surface area contributed by atoms with Gasteiger partial charge in [0, 0.05) is 13.1 Å². The summed E-state index contributed by atoms with van der Waals surface area (Å²) >= 11 is 6.61. The smallest absolute Gasteiger partial charge is 0.215 e. The van der Waals surface area contributed by atoms with Gasteiger partial charge in [0.15, 0.2) is 0 Å². The first-order valence-corrected chi connectivity index (χ1v) is 4.57. The van der Waals surface area contributed by atoms with Crippen LogP contribution >= 0.6 is 23.7 Å². The molecule has 0 bridgehead atoms. The minimum Gasteiger partial charge on any atom is -0.379 e. The lowest BCUT2D eigenvalue weighted by molar-refractivity contribution is 0.0773. The van der Waals surface area contributed by atoms with Crippen LogP contribution in [0.4, 0.5) is 0 Å². The molecule has 6 heteroatoms. The van der Waals surface area contributed by atoms with Crippen LogP contribution in [-0.4, -0.2) is 35.8 Å². The summed E-state index contributed by atoms with van der Waals surface area (Å²) in [6, 6.07) is 1.74. The van der Waals surface area contributed by atoms with Crippen LogP contribution in [0.2, 0.25) is 0 Å². The average Bonchev–Trinajstić information content (AvgIpc) is 2.16. The third-order valence-electron chi connectivity index (χ3n) is 1.30. The van der Waals surface area contributed by atoms with E-state index >= 15 is 0 Å². The molecular weight excluding hydrogens is 198 g/mol. The topological polar surface area (TPSA) is 48.6 Å². The second-order valence-electron chi connectivity index (χ2n) is 2.12. The number of halogens is 1. The van der Waals surface area contributed by atoms with Gasteiger partial charge in [0.25, 0.3) is 0 Å². The molecule has 0 aromatic rings. The average molecular weight is 206 g/mol. The first-order valence-electron chi connectivity index (χ1n) is 3.46. The number of morpholine rings is 1. The third kappa shape index (κ3) is 3.41. The van der Waals surface area contributed by atoms with Crippen molar-refractivity contribution in [3.8, 4) is 6.07 Å². The van der Waals surface area contributed by atoms with Crippen LogP contribution in [0.15, 0.2) is 4.40 Å². The van der Waals surface area contributed by atoms with E-state index in [1.807, 2.05) is 4.31 Å². The predicted molar refractivity (Wildman–Crippen MR) is 48.9 cm³/mol. The highest BCUT2D eigenvalue weighted by molar-refractivity contribution is 7.96. The second-order valence-corrected chi connectivity index (χ2v) is 3.34. The summed E-state index contributed by atoms with van der Waals surface area (Å²) in [5, 5.41) is 8.27. The van der Waals surface area contributed by atoms with E-state index in [2.05, 4.69) is 4.40 Å². The SMILES string of the molecule is N#C/C(Cl)=N\SN1CCOCC1. The van der Waals surface area contributed by atoms with E-state index in [1.165, 1.54) is 12.1 Å². The number of hydrogen-bond acceptors (Lipinski definition) is 5. The van der Waals surface area contributed by atoms with E-state index < -0.39 is 0 Å². The van der Waals surface area contributed by atoms with Gasteiger partial charge in [-0.15, -0.1) is 0 Å². The van der Waals surface area contributed by atoms with Crippen molar-refractivity contribution in [3.63, 3.8) is 0 Å². The van der Waals surface area contributed by atoms with Crippen LogP contribution in [-0.2, 0) is 4.74 Å². The van der Waals surface area contributed by atoms with Gasteiger partial charge in [-0.1, -0.05) is 0 Å². The number of nitriles is 1. The molecule has 0 amide bonds. The standard InChI is InChI=1S/C6H8ClN3OS/c7-6(5-8)9-12-10-1-3-11-4-2-10/h1-4H2/b9-6+. The highest BCUT2D eigenvalue weighted by Gasteiger charge is 2.10. The van der Waals surface area contributed by atoms with E-state index in [0.717, 1.165) is 13.1 Å². The van der Waals surface area contributed by atoms with Crippen molar-refractivity contribution in [3.05, 3.63) is 0 Å². The molecular formula is C6H8ClN3OS. The molecule has 66 valence electrons. The van der Waals surface area contributed by atoms with Crippen molar-refractivity contribution in [1.29, 1.82) is 5.26 Å². The fourth-order valence-electron chi connectivity index (χ4n) is 0.742. The highest BCUT2D eigenvalue weighted by Crippen LogP contribution is 2.13. The maximum absolute atomic E-state index is 8.29. The number of ether oxygens (including phenoxy) is 1. The molecule has 12 heavy (non-hydrogen) atoms. The zero-order valence-electron chi connectivity index (χ0n) is 6.36. The fraction of sp³-hybridized carbons (Fsp3) is 0.667.